The van der Waals surface area contributed by atoms with E-state index in [-0.39, 0.29) is 33.1 Å². The van der Waals surface area contributed by atoms with Crippen molar-refractivity contribution in [1.82, 2.24) is 0 Å². The summed E-state index contributed by atoms with van der Waals surface area (Å²) in [7, 11) is 1.31. The molecule has 2 N–H and O–H groups in total. The van der Waals surface area contributed by atoms with Crippen LogP contribution in [-0.2, 0) is 6.18 Å². The van der Waals surface area contributed by atoms with Gasteiger partial charge in [-0.3, -0.25) is 4.79 Å². The van der Waals surface area contributed by atoms with Gasteiger partial charge < -0.3 is 10.5 Å². The number of aldehydes is 1. The Morgan fingerprint density at radius 3 is 2.41 bits per heavy atom. The molecule has 0 saturated carbocycles. The van der Waals surface area contributed by atoms with Crippen LogP contribution in [-0.4, -0.2) is 13.4 Å². The van der Waals surface area contributed by atoms with Crippen LogP contribution < -0.4 is 10.5 Å². The van der Waals surface area contributed by atoms with Gasteiger partial charge in [-0.1, -0.05) is 11.6 Å². The fraction of sp³-hybridized carbons (Fsp3) is 0.133. The number of benzene rings is 2. The van der Waals surface area contributed by atoms with Crippen LogP contribution in [0.3, 0.4) is 0 Å². The number of halogens is 4. The quantitative estimate of drug-likeness (QED) is 0.669. The molecule has 0 aromatic heterocycles. The second-order valence-electron chi connectivity index (χ2n) is 4.49. The predicted molar refractivity (Wildman–Crippen MR) is 78.2 cm³/mol. The minimum Gasteiger partial charge on any atom is -0.495 e. The molecule has 0 unspecified atom stereocenters. The topological polar surface area (TPSA) is 52.3 Å². The highest BCUT2D eigenvalue weighted by Crippen LogP contribution is 2.41. The molecule has 2 aromatic carbocycles. The number of ether oxygens (including phenoxy) is 1. The molecule has 0 bridgehead atoms. The Hall–Kier alpha value is -2.21. The van der Waals surface area contributed by atoms with Crippen molar-refractivity contribution in [3.05, 3.63) is 46.5 Å². The third-order valence-electron chi connectivity index (χ3n) is 3.08. The predicted octanol–water partition coefficient (Wildman–Crippen LogP) is 4.43. The van der Waals surface area contributed by atoms with Crippen LogP contribution in [0.5, 0.6) is 5.75 Å². The molecule has 2 aromatic rings. The molecule has 0 atom stereocenters. The zero-order valence-corrected chi connectivity index (χ0v) is 12.1. The lowest BCUT2D eigenvalue weighted by molar-refractivity contribution is -0.137. The Balaban J connectivity index is 2.76. The summed E-state index contributed by atoms with van der Waals surface area (Å²) in [4.78, 5) is 11.1. The van der Waals surface area contributed by atoms with Gasteiger partial charge in [0.15, 0.2) is 6.29 Å². The van der Waals surface area contributed by atoms with E-state index in [0.717, 1.165) is 18.2 Å². The number of hydrogen-bond acceptors (Lipinski definition) is 3. The van der Waals surface area contributed by atoms with Crippen molar-refractivity contribution in [2.45, 2.75) is 6.18 Å². The number of rotatable bonds is 3. The van der Waals surface area contributed by atoms with Crippen molar-refractivity contribution < 1.29 is 22.7 Å². The summed E-state index contributed by atoms with van der Waals surface area (Å²) in [6.07, 6.45) is -4.00. The van der Waals surface area contributed by atoms with Gasteiger partial charge in [0.25, 0.3) is 0 Å². The number of nitrogens with two attached hydrogens (primary N) is 1. The maximum absolute atomic E-state index is 12.9. The summed E-state index contributed by atoms with van der Waals surface area (Å²) >= 11 is 5.91. The van der Waals surface area contributed by atoms with Gasteiger partial charge in [-0.25, -0.2) is 0 Å². The van der Waals surface area contributed by atoms with Gasteiger partial charge in [-0.15, -0.1) is 0 Å². The first-order valence-corrected chi connectivity index (χ1v) is 6.45. The van der Waals surface area contributed by atoms with E-state index >= 15 is 0 Å². The van der Waals surface area contributed by atoms with E-state index in [1.165, 1.54) is 19.2 Å². The summed E-state index contributed by atoms with van der Waals surface area (Å²) in [5.74, 6) is 0.116. The molecule has 22 heavy (non-hydrogen) atoms. The molecule has 3 nitrogen and oxygen atoms in total. The minimum atomic E-state index is -4.51. The van der Waals surface area contributed by atoms with Crippen LogP contribution >= 0.6 is 11.6 Å². The number of hydrogen-bond donors (Lipinski definition) is 1. The standard InChI is InChI=1S/C15H11ClF3NO2/c1-22-14-8(7-21)4-10(16)6-12(14)11-5-9(15(17,18)19)2-3-13(11)20/h2-7H,20H2,1H3. The fourth-order valence-corrected chi connectivity index (χ4v) is 2.32. The Labute approximate surface area is 129 Å². The summed E-state index contributed by atoms with van der Waals surface area (Å²) in [6, 6.07) is 5.70. The van der Waals surface area contributed by atoms with Gasteiger partial charge in [0.2, 0.25) is 0 Å². The van der Waals surface area contributed by atoms with Crippen molar-refractivity contribution in [3.8, 4) is 16.9 Å². The van der Waals surface area contributed by atoms with Gasteiger partial charge in [-0.05, 0) is 30.3 Å². The molecule has 0 spiro atoms. The molecule has 0 heterocycles. The molecular weight excluding hydrogens is 319 g/mol. The molecular formula is C15H11ClF3NO2. The molecule has 0 saturated heterocycles. The van der Waals surface area contributed by atoms with E-state index in [9.17, 15) is 18.0 Å². The lowest BCUT2D eigenvalue weighted by atomic mass is 9.98. The second-order valence-corrected chi connectivity index (χ2v) is 4.93. The molecule has 7 heteroatoms. The molecule has 0 aliphatic heterocycles. The summed E-state index contributed by atoms with van der Waals surface area (Å²) in [5, 5.41) is 0.190. The van der Waals surface area contributed by atoms with E-state index in [1.807, 2.05) is 0 Å². The van der Waals surface area contributed by atoms with Crippen molar-refractivity contribution in [2.24, 2.45) is 0 Å². The zero-order chi connectivity index (χ0) is 16.5. The SMILES string of the molecule is COc1c(C=O)cc(Cl)cc1-c1cc(C(F)(F)F)ccc1N. The van der Waals surface area contributed by atoms with Gasteiger partial charge in [0, 0.05) is 21.8 Å². The molecule has 2 rings (SSSR count). The molecule has 116 valence electrons. The van der Waals surface area contributed by atoms with E-state index < -0.39 is 11.7 Å². The first-order chi connectivity index (χ1) is 10.3. The normalized spacial score (nSPS) is 11.3. The van der Waals surface area contributed by atoms with Crippen molar-refractivity contribution in [1.29, 1.82) is 0 Å². The molecule has 0 fully saturated rings. The number of methoxy groups -OCH3 is 1. The van der Waals surface area contributed by atoms with Crippen LogP contribution in [0.15, 0.2) is 30.3 Å². The number of carbonyl (C=O) groups excluding carboxylic acids is 1. The molecule has 0 radical (unpaired) electrons. The van der Waals surface area contributed by atoms with E-state index in [0.29, 0.717) is 6.29 Å². The number of nitrogen functional groups attached to an aromatic ring is 1. The van der Waals surface area contributed by atoms with Crippen molar-refractivity contribution >= 4 is 23.6 Å². The highest BCUT2D eigenvalue weighted by Gasteiger charge is 2.31. The van der Waals surface area contributed by atoms with Gasteiger partial charge in [-0.2, -0.15) is 13.2 Å². The fourth-order valence-electron chi connectivity index (χ4n) is 2.10. The minimum absolute atomic E-state index is 0.0947. The van der Waals surface area contributed by atoms with E-state index in [1.54, 1.807) is 0 Å². The highest BCUT2D eigenvalue weighted by molar-refractivity contribution is 6.31. The van der Waals surface area contributed by atoms with Crippen LogP contribution in [0.2, 0.25) is 5.02 Å². The highest BCUT2D eigenvalue weighted by atomic mass is 35.5. The maximum Gasteiger partial charge on any atom is 0.416 e. The Morgan fingerprint density at radius 1 is 1.18 bits per heavy atom. The van der Waals surface area contributed by atoms with E-state index in [4.69, 9.17) is 22.1 Å². The van der Waals surface area contributed by atoms with Crippen LogP contribution in [0.4, 0.5) is 18.9 Å². The van der Waals surface area contributed by atoms with Gasteiger partial charge >= 0.3 is 6.18 Å². The number of alkyl halides is 3. The molecule has 0 aliphatic rings. The van der Waals surface area contributed by atoms with E-state index in [2.05, 4.69) is 0 Å². The first-order valence-electron chi connectivity index (χ1n) is 6.07. The zero-order valence-electron chi connectivity index (χ0n) is 11.4. The van der Waals surface area contributed by atoms with Crippen LogP contribution in [0, 0.1) is 0 Å². The largest absolute Gasteiger partial charge is 0.495 e. The van der Waals surface area contributed by atoms with Gasteiger partial charge in [0.1, 0.15) is 5.75 Å². The van der Waals surface area contributed by atoms with Gasteiger partial charge in [0.05, 0.1) is 18.2 Å². The molecule has 0 aliphatic carbocycles. The second kappa shape index (κ2) is 5.88. The first kappa shape index (κ1) is 16.2. The third kappa shape index (κ3) is 3.01. The average Bonchev–Trinajstić information content (AvgIpc) is 2.45. The third-order valence-corrected chi connectivity index (χ3v) is 3.30. The molecule has 0 amide bonds. The van der Waals surface area contributed by atoms with Crippen LogP contribution in [0.25, 0.3) is 11.1 Å². The van der Waals surface area contributed by atoms with Crippen LogP contribution in [0.1, 0.15) is 15.9 Å². The maximum atomic E-state index is 12.9. The monoisotopic (exact) mass is 329 g/mol. The summed E-state index contributed by atoms with van der Waals surface area (Å²) in [5.41, 5.74) is 5.48. The summed E-state index contributed by atoms with van der Waals surface area (Å²) in [6.45, 7) is 0. The number of carbonyl (C=O) groups is 1. The van der Waals surface area contributed by atoms with Crippen molar-refractivity contribution in [2.75, 3.05) is 12.8 Å². The average molecular weight is 330 g/mol. The summed E-state index contributed by atoms with van der Waals surface area (Å²) < 4.78 is 43.7. The lowest BCUT2D eigenvalue weighted by Gasteiger charge is -2.15. The Kier molecular flexibility index (Phi) is 4.32. The van der Waals surface area contributed by atoms with Crippen molar-refractivity contribution in [3.63, 3.8) is 0 Å². The number of anilines is 1. The Morgan fingerprint density at radius 2 is 1.86 bits per heavy atom. The lowest BCUT2D eigenvalue weighted by Crippen LogP contribution is -2.06. The Bertz CT molecular complexity index is 729. The smallest absolute Gasteiger partial charge is 0.416 e.